The van der Waals surface area contributed by atoms with Crippen molar-refractivity contribution >= 4 is 5.90 Å². The predicted molar refractivity (Wildman–Crippen MR) is 52.8 cm³/mol. The molecule has 0 aliphatic carbocycles. The highest BCUT2D eigenvalue weighted by atomic mass is 19.1. The van der Waals surface area contributed by atoms with Gasteiger partial charge in [-0.15, -0.1) is 0 Å². The van der Waals surface area contributed by atoms with Crippen molar-refractivity contribution in [1.82, 2.24) is 0 Å². The zero-order valence-corrected chi connectivity index (χ0v) is 8.03. The molecule has 1 aliphatic heterocycles. The molecule has 3 heteroatoms. The summed E-state index contributed by atoms with van der Waals surface area (Å²) in [4.78, 5) is 4.35. The maximum Gasteiger partial charge on any atom is 0.183 e. The van der Waals surface area contributed by atoms with Crippen LogP contribution in [0, 0.1) is 5.82 Å². The Balaban J connectivity index is 2.21. The van der Waals surface area contributed by atoms with Crippen molar-refractivity contribution in [3.63, 3.8) is 0 Å². The first-order valence-electron chi connectivity index (χ1n) is 4.66. The topological polar surface area (TPSA) is 21.6 Å². The summed E-state index contributed by atoms with van der Waals surface area (Å²) in [6, 6.07) is 6.66. The minimum absolute atomic E-state index is 0.0700. The van der Waals surface area contributed by atoms with Crippen molar-refractivity contribution in [2.75, 3.05) is 7.11 Å². The van der Waals surface area contributed by atoms with Gasteiger partial charge in [0.05, 0.1) is 13.2 Å². The van der Waals surface area contributed by atoms with Crippen molar-refractivity contribution in [1.29, 1.82) is 0 Å². The number of ether oxygens (including phenoxy) is 1. The monoisotopic (exact) mass is 193 g/mol. The molecule has 1 atom stereocenters. The van der Waals surface area contributed by atoms with Gasteiger partial charge in [0.15, 0.2) is 5.90 Å². The molecular weight excluding hydrogens is 181 g/mol. The quantitative estimate of drug-likeness (QED) is 0.672. The number of hydrogen-bond acceptors (Lipinski definition) is 2. The van der Waals surface area contributed by atoms with Crippen LogP contribution in [0.25, 0.3) is 0 Å². The van der Waals surface area contributed by atoms with Crippen molar-refractivity contribution in [2.24, 2.45) is 4.99 Å². The minimum atomic E-state index is -0.205. The summed E-state index contributed by atoms with van der Waals surface area (Å²) in [5, 5.41) is 0. The van der Waals surface area contributed by atoms with Crippen LogP contribution in [0.3, 0.4) is 0 Å². The number of aliphatic imine (C=N–C) groups is 1. The lowest BCUT2D eigenvalue weighted by molar-refractivity contribution is 0.395. The van der Waals surface area contributed by atoms with Crippen LogP contribution in [-0.4, -0.2) is 13.0 Å². The van der Waals surface area contributed by atoms with Gasteiger partial charge in [0.2, 0.25) is 0 Å². The average molecular weight is 193 g/mol. The van der Waals surface area contributed by atoms with E-state index >= 15 is 0 Å². The second-order valence-corrected chi connectivity index (χ2v) is 3.34. The SMILES string of the molecule is COC1=NC(c2cccc(F)c2)CC1. The standard InChI is InChI=1S/C11H12FNO/c1-14-11-6-5-10(13-11)8-3-2-4-9(12)7-8/h2-4,7,10H,5-6H2,1H3. The van der Waals surface area contributed by atoms with Crippen molar-refractivity contribution in [2.45, 2.75) is 18.9 Å². The second kappa shape index (κ2) is 3.78. The number of nitrogens with zero attached hydrogens (tertiary/aromatic N) is 1. The van der Waals surface area contributed by atoms with Crippen LogP contribution >= 0.6 is 0 Å². The number of rotatable bonds is 1. The average Bonchev–Trinajstić information content (AvgIpc) is 2.66. The molecule has 0 bridgehead atoms. The lowest BCUT2D eigenvalue weighted by atomic mass is 10.1. The van der Waals surface area contributed by atoms with Gasteiger partial charge in [-0.25, -0.2) is 9.38 Å². The van der Waals surface area contributed by atoms with E-state index in [9.17, 15) is 4.39 Å². The van der Waals surface area contributed by atoms with Crippen LogP contribution < -0.4 is 0 Å². The van der Waals surface area contributed by atoms with E-state index in [1.165, 1.54) is 12.1 Å². The molecule has 0 fully saturated rings. The molecule has 0 spiro atoms. The maximum absolute atomic E-state index is 12.9. The van der Waals surface area contributed by atoms with E-state index in [4.69, 9.17) is 4.74 Å². The summed E-state index contributed by atoms with van der Waals surface area (Å²) in [5.41, 5.74) is 0.928. The summed E-state index contributed by atoms with van der Waals surface area (Å²) in [5.74, 6) is 0.558. The Morgan fingerprint density at radius 3 is 3.00 bits per heavy atom. The molecule has 2 nitrogen and oxygen atoms in total. The third-order valence-electron chi connectivity index (χ3n) is 2.40. The van der Waals surface area contributed by atoms with Crippen molar-refractivity contribution in [3.05, 3.63) is 35.6 Å². The van der Waals surface area contributed by atoms with E-state index in [2.05, 4.69) is 4.99 Å². The van der Waals surface area contributed by atoms with Gasteiger partial charge in [0.1, 0.15) is 5.82 Å². The van der Waals surface area contributed by atoms with E-state index in [1.807, 2.05) is 6.07 Å². The Bertz CT molecular complexity index is 362. The highest BCUT2D eigenvalue weighted by molar-refractivity contribution is 5.78. The van der Waals surface area contributed by atoms with Crippen LogP contribution in [0.15, 0.2) is 29.3 Å². The molecule has 2 rings (SSSR count). The van der Waals surface area contributed by atoms with Crippen LogP contribution in [0.4, 0.5) is 4.39 Å². The number of halogens is 1. The first-order valence-corrected chi connectivity index (χ1v) is 4.66. The molecule has 74 valence electrons. The zero-order valence-electron chi connectivity index (χ0n) is 8.03. The molecule has 0 aromatic heterocycles. The molecule has 1 heterocycles. The zero-order chi connectivity index (χ0) is 9.97. The molecule has 1 aliphatic rings. The molecule has 0 saturated carbocycles. The number of hydrogen-bond donors (Lipinski definition) is 0. The largest absolute Gasteiger partial charge is 0.484 e. The summed E-state index contributed by atoms with van der Waals surface area (Å²) in [6.45, 7) is 0. The van der Waals surface area contributed by atoms with Gasteiger partial charge >= 0.3 is 0 Å². The molecular formula is C11H12FNO. The van der Waals surface area contributed by atoms with E-state index in [1.54, 1.807) is 13.2 Å². The molecule has 0 N–H and O–H groups in total. The molecule has 0 amide bonds. The van der Waals surface area contributed by atoms with Gasteiger partial charge in [-0.1, -0.05) is 12.1 Å². The van der Waals surface area contributed by atoms with Crippen LogP contribution in [-0.2, 0) is 4.74 Å². The fourth-order valence-electron chi connectivity index (χ4n) is 1.67. The maximum atomic E-state index is 12.9. The second-order valence-electron chi connectivity index (χ2n) is 3.34. The lowest BCUT2D eigenvalue weighted by Crippen LogP contribution is -1.93. The molecule has 0 radical (unpaired) electrons. The molecule has 0 saturated heterocycles. The summed E-state index contributed by atoms with van der Waals surface area (Å²) < 4.78 is 18.0. The fourth-order valence-corrected chi connectivity index (χ4v) is 1.67. The van der Waals surface area contributed by atoms with Gasteiger partial charge in [-0.05, 0) is 24.1 Å². The van der Waals surface area contributed by atoms with E-state index in [0.717, 1.165) is 24.3 Å². The van der Waals surface area contributed by atoms with Crippen molar-refractivity contribution in [3.8, 4) is 0 Å². The van der Waals surface area contributed by atoms with Gasteiger partial charge in [0.25, 0.3) is 0 Å². The highest BCUT2D eigenvalue weighted by Crippen LogP contribution is 2.29. The first-order chi connectivity index (χ1) is 6.79. The summed E-state index contributed by atoms with van der Waals surface area (Å²) >= 11 is 0. The van der Waals surface area contributed by atoms with Gasteiger partial charge in [-0.3, -0.25) is 0 Å². The van der Waals surface area contributed by atoms with Crippen LogP contribution in [0.5, 0.6) is 0 Å². The van der Waals surface area contributed by atoms with E-state index in [-0.39, 0.29) is 11.9 Å². The summed E-state index contributed by atoms with van der Waals surface area (Å²) in [7, 11) is 1.62. The predicted octanol–water partition coefficient (Wildman–Crippen LogP) is 2.71. The molecule has 1 aromatic rings. The van der Waals surface area contributed by atoms with Gasteiger partial charge in [-0.2, -0.15) is 0 Å². The third-order valence-corrected chi connectivity index (χ3v) is 2.40. The van der Waals surface area contributed by atoms with Crippen LogP contribution in [0.1, 0.15) is 24.4 Å². The Morgan fingerprint density at radius 1 is 1.50 bits per heavy atom. The highest BCUT2D eigenvalue weighted by Gasteiger charge is 2.19. The minimum Gasteiger partial charge on any atom is -0.484 e. The normalized spacial score (nSPS) is 20.7. The Kier molecular flexibility index (Phi) is 2.48. The molecule has 1 unspecified atom stereocenters. The molecule has 1 aromatic carbocycles. The van der Waals surface area contributed by atoms with Gasteiger partial charge in [0, 0.05) is 6.42 Å². The van der Waals surface area contributed by atoms with E-state index < -0.39 is 0 Å². The lowest BCUT2D eigenvalue weighted by Gasteiger charge is -2.05. The Labute approximate surface area is 82.4 Å². The van der Waals surface area contributed by atoms with Gasteiger partial charge < -0.3 is 4.74 Å². The first kappa shape index (κ1) is 9.19. The van der Waals surface area contributed by atoms with E-state index in [0.29, 0.717) is 0 Å². The fraction of sp³-hybridized carbons (Fsp3) is 0.364. The number of benzene rings is 1. The smallest absolute Gasteiger partial charge is 0.183 e. The third kappa shape index (κ3) is 1.76. The summed E-state index contributed by atoms with van der Waals surface area (Å²) in [6.07, 6.45) is 1.75. The van der Waals surface area contributed by atoms with Crippen LogP contribution in [0.2, 0.25) is 0 Å². The molecule has 14 heavy (non-hydrogen) atoms. The Morgan fingerprint density at radius 2 is 2.36 bits per heavy atom. The van der Waals surface area contributed by atoms with Crippen molar-refractivity contribution < 1.29 is 9.13 Å². The number of methoxy groups -OCH3 is 1. The Hall–Kier alpha value is -1.38.